The fourth-order valence-corrected chi connectivity index (χ4v) is 3.13. The maximum Gasteiger partial charge on any atom is 0.225 e. The summed E-state index contributed by atoms with van der Waals surface area (Å²) in [5.41, 5.74) is 2.05. The van der Waals surface area contributed by atoms with Crippen molar-refractivity contribution in [1.82, 2.24) is 14.8 Å². The van der Waals surface area contributed by atoms with Crippen molar-refractivity contribution in [2.24, 2.45) is 0 Å². The third-order valence-electron chi connectivity index (χ3n) is 4.44. The zero-order valence-corrected chi connectivity index (χ0v) is 16.5. The second kappa shape index (κ2) is 10.0. The summed E-state index contributed by atoms with van der Waals surface area (Å²) >= 11 is 0. The number of fused-ring (bicyclic) bond motifs is 1. The van der Waals surface area contributed by atoms with Crippen LogP contribution in [0.3, 0.4) is 0 Å². The highest BCUT2D eigenvalue weighted by Gasteiger charge is 2.17. The minimum absolute atomic E-state index is 0. The maximum atomic E-state index is 12.2. The van der Waals surface area contributed by atoms with Gasteiger partial charge in [-0.25, -0.2) is 0 Å². The van der Waals surface area contributed by atoms with Crippen LogP contribution in [0.1, 0.15) is 19.3 Å². The lowest BCUT2D eigenvalue weighted by atomic mass is 10.1. The molecule has 1 atom stereocenters. The van der Waals surface area contributed by atoms with Crippen LogP contribution in [0.2, 0.25) is 0 Å². The van der Waals surface area contributed by atoms with Gasteiger partial charge in [-0.15, -0.1) is 24.8 Å². The topological polar surface area (TPSA) is 49.3 Å². The number of amides is 1. The van der Waals surface area contributed by atoms with E-state index in [-0.39, 0.29) is 30.7 Å². The summed E-state index contributed by atoms with van der Waals surface area (Å²) in [6, 6.07) is 8.59. The first-order chi connectivity index (χ1) is 11.1. The van der Waals surface area contributed by atoms with E-state index in [4.69, 9.17) is 0 Å². The maximum absolute atomic E-state index is 12.2. The van der Waals surface area contributed by atoms with E-state index in [1.165, 1.54) is 17.3 Å². The van der Waals surface area contributed by atoms with Crippen LogP contribution in [0.25, 0.3) is 10.9 Å². The van der Waals surface area contributed by atoms with E-state index in [9.17, 15) is 4.79 Å². The molecule has 3 rings (SSSR count). The van der Waals surface area contributed by atoms with Crippen LogP contribution in [-0.2, 0) is 11.3 Å². The number of aromatic nitrogens is 1. The van der Waals surface area contributed by atoms with Crippen LogP contribution in [0.4, 0.5) is 5.69 Å². The number of rotatable bonds is 6. The van der Waals surface area contributed by atoms with Crippen molar-refractivity contribution >= 4 is 47.3 Å². The van der Waals surface area contributed by atoms with Crippen molar-refractivity contribution in [3.8, 4) is 0 Å². The Hall–Kier alpha value is -1.27. The molecule has 2 N–H and O–H groups in total. The molecule has 0 bridgehead atoms. The molecular formula is C18H28Cl2N4O. The Morgan fingerprint density at radius 2 is 2.12 bits per heavy atom. The first-order valence-electron chi connectivity index (χ1n) is 8.39. The SMILES string of the molecule is CN(C)CCn1ccc2ccc(NC(=O)CC3CCCN3)cc21.Cl.Cl. The molecule has 1 aliphatic heterocycles. The molecule has 0 spiro atoms. The molecule has 25 heavy (non-hydrogen) atoms. The summed E-state index contributed by atoms with van der Waals surface area (Å²) < 4.78 is 2.24. The van der Waals surface area contributed by atoms with Crippen LogP contribution < -0.4 is 10.6 Å². The molecule has 1 unspecified atom stereocenters. The van der Waals surface area contributed by atoms with Gasteiger partial charge in [0.1, 0.15) is 0 Å². The number of likely N-dealkylation sites (N-methyl/N-ethyl adjacent to an activating group) is 1. The fraction of sp³-hybridized carbons (Fsp3) is 0.500. The molecule has 2 aromatic rings. The highest BCUT2D eigenvalue weighted by molar-refractivity contribution is 5.94. The molecule has 0 radical (unpaired) electrons. The molecule has 5 nitrogen and oxygen atoms in total. The quantitative estimate of drug-likeness (QED) is 0.801. The highest BCUT2D eigenvalue weighted by atomic mass is 35.5. The Bertz CT molecular complexity index is 681. The number of hydrogen-bond acceptors (Lipinski definition) is 3. The number of halogens is 2. The van der Waals surface area contributed by atoms with Crippen molar-refractivity contribution < 1.29 is 4.79 Å². The van der Waals surface area contributed by atoms with Crippen LogP contribution in [0.15, 0.2) is 30.5 Å². The lowest BCUT2D eigenvalue weighted by molar-refractivity contribution is -0.116. The summed E-state index contributed by atoms with van der Waals surface area (Å²) in [6.07, 6.45) is 4.94. The predicted molar refractivity (Wildman–Crippen MR) is 109 cm³/mol. The van der Waals surface area contributed by atoms with E-state index in [0.717, 1.165) is 31.7 Å². The van der Waals surface area contributed by atoms with Crippen molar-refractivity contribution in [3.05, 3.63) is 30.5 Å². The minimum Gasteiger partial charge on any atom is -0.346 e. The Kier molecular flexibility index (Phi) is 8.73. The second-order valence-corrected chi connectivity index (χ2v) is 6.63. The zero-order chi connectivity index (χ0) is 16.2. The van der Waals surface area contributed by atoms with Gasteiger partial charge in [-0.3, -0.25) is 4.79 Å². The lowest BCUT2D eigenvalue weighted by Gasteiger charge is -2.13. The van der Waals surface area contributed by atoms with Gasteiger partial charge in [0.05, 0.1) is 5.52 Å². The molecule has 1 amide bonds. The van der Waals surface area contributed by atoms with E-state index in [0.29, 0.717) is 12.5 Å². The molecular weight excluding hydrogens is 359 g/mol. The summed E-state index contributed by atoms with van der Waals surface area (Å²) in [4.78, 5) is 14.4. The van der Waals surface area contributed by atoms with Crippen LogP contribution in [-0.4, -0.2) is 48.6 Å². The van der Waals surface area contributed by atoms with Gasteiger partial charge < -0.3 is 20.1 Å². The molecule has 1 aliphatic rings. The number of anilines is 1. The van der Waals surface area contributed by atoms with Crippen LogP contribution in [0.5, 0.6) is 0 Å². The number of hydrogen-bond donors (Lipinski definition) is 2. The summed E-state index contributed by atoms with van der Waals surface area (Å²) in [5.74, 6) is 0.0927. The summed E-state index contributed by atoms with van der Waals surface area (Å²) in [6.45, 7) is 2.97. The Morgan fingerprint density at radius 1 is 1.32 bits per heavy atom. The van der Waals surface area contributed by atoms with Crippen molar-refractivity contribution in [2.45, 2.75) is 31.8 Å². The van der Waals surface area contributed by atoms with Crippen molar-refractivity contribution in [1.29, 1.82) is 0 Å². The third-order valence-corrected chi connectivity index (χ3v) is 4.44. The predicted octanol–water partition coefficient (Wildman–Crippen LogP) is 3.13. The average Bonchev–Trinajstić information content (AvgIpc) is 3.14. The summed E-state index contributed by atoms with van der Waals surface area (Å²) in [7, 11) is 4.16. The fourth-order valence-electron chi connectivity index (χ4n) is 3.13. The molecule has 7 heteroatoms. The van der Waals surface area contributed by atoms with Gasteiger partial charge in [0.15, 0.2) is 0 Å². The number of carbonyl (C=O) groups excluding carboxylic acids is 1. The molecule has 0 saturated carbocycles. The first-order valence-corrected chi connectivity index (χ1v) is 8.39. The second-order valence-electron chi connectivity index (χ2n) is 6.63. The molecule has 1 aromatic carbocycles. The number of nitrogens with one attached hydrogen (secondary N) is 2. The molecule has 1 aromatic heterocycles. The smallest absolute Gasteiger partial charge is 0.225 e. The normalized spacial score (nSPS) is 16.5. The molecule has 1 saturated heterocycles. The Morgan fingerprint density at radius 3 is 2.80 bits per heavy atom. The molecule has 2 heterocycles. The number of benzene rings is 1. The third kappa shape index (κ3) is 5.89. The number of nitrogens with zero attached hydrogens (tertiary/aromatic N) is 2. The largest absolute Gasteiger partial charge is 0.346 e. The Balaban J connectivity index is 0.00000156. The van der Waals surface area contributed by atoms with Gasteiger partial charge in [-0.2, -0.15) is 0 Å². The van der Waals surface area contributed by atoms with Gasteiger partial charge in [0, 0.05) is 37.4 Å². The van der Waals surface area contributed by atoms with E-state index in [1.807, 2.05) is 6.07 Å². The van der Waals surface area contributed by atoms with Gasteiger partial charge >= 0.3 is 0 Å². The van der Waals surface area contributed by atoms with Gasteiger partial charge in [-0.1, -0.05) is 6.07 Å². The van der Waals surface area contributed by atoms with E-state index in [1.54, 1.807) is 0 Å². The minimum atomic E-state index is 0. The van der Waals surface area contributed by atoms with Crippen LogP contribution in [0, 0.1) is 0 Å². The Labute approximate surface area is 162 Å². The highest BCUT2D eigenvalue weighted by Crippen LogP contribution is 2.21. The molecule has 1 fully saturated rings. The zero-order valence-electron chi connectivity index (χ0n) is 14.8. The lowest BCUT2D eigenvalue weighted by Crippen LogP contribution is -2.27. The van der Waals surface area contributed by atoms with Crippen molar-refractivity contribution in [3.63, 3.8) is 0 Å². The standard InChI is InChI=1S/C18H26N4O.2ClH/c1-21(2)10-11-22-9-7-14-5-6-16(12-17(14)22)20-18(23)13-15-4-3-8-19-15;;/h5-7,9,12,15,19H,3-4,8,10-11,13H2,1-2H3,(H,20,23);2*1H. The summed E-state index contributed by atoms with van der Waals surface area (Å²) in [5, 5.41) is 7.61. The van der Waals surface area contributed by atoms with Crippen LogP contribution >= 0.6 is 24.8 Å². The molecule has 140 valence electrons. The van der Waals surface area contributed by atoms with Gasteiger partial charge in [0.2, 0.25) is 5.91 Å². The molecule has 0 aliphatic carbocycles. The van der Waals surface area contributed by atoms with E-state index < -0.39 is 0 Å². The number of carbonyl (C=O) groups is 1. The van der Waals surface area contributed by atoms with E-state index in [2.05, 4.69) is 58.6 Å². The van der Waals surface area contributed by atoms with Crippen molar-refractivity contribution in [2.75, 3.05) is 32.5 Å². The van der Waals surface area contributed by atoms with Gasteiger partial charge in [0.25, 0.3) is 0 Å². The average molecular weight is 387 g/mol. The monoisotopic (exact) mass is 386 g/mol. The van der Waals surface area contributed by atoms with Gasteiger partial charge in [-0.05, 0) is 57.1 Å². The first kappa shape index (κ1) is 21.8. The van der Waals surface area contributed by atoms with E-state index >= 15 is 0 Å².